The summed E-state index contributed by atoms with van der Waals surface area (Å²) in [4.78, 5) is 1.29. The van der Waals surface area contributed by atoms with Gasteiger partial charge in [-0.3, -0.25) is 0 Å². The Morgan fingerprint density at radius 1 is 1.38 bits per heavy atom. The molecular formula is C13H21NOS. The molecule has 0 spiro atoms. The molecule has 0 bridgehead atoms. The van der Waals surface area contributed by atoms with Gasteiger partial charge in [-0.1, -0.05) is 0 Å². The highest BCUT2D eigenvalue weighted by molar-refractivity contribution is 7.98. The van der Waals surface area contributed by atoms with Gasteiger partial charge in [-0.2, -0.15) is 0 Å². The zero-order valence-electron chi connectivity index (χ0n) is 10.8. The molecule has 0 radical (unpaired) electrons. The second-order valence-corrected chi connectivity index (χ2v) is 5.65. The lowest BCUT2D eigenvalue weighted by molar-refractivity contribution is 0.409. The van der Waals surface area contributed by atoms with Crippen molar-refractivity contribution in [1.82, 2.24) is 0 Å². The molecule has 0 saturated heterocycles. The molecule has 2 nitrogen and oxygen atoms in total. The summed E-state index contributed by atoms with van der Waals surface area (Å²) in [5, 5.41) is 0. The largest absolute Gasteiger partial charge is 0.496 e. The van der Waals surface area contributed by atoms with Crippen LogP contribution in [-0.2, 0) is 6.42 Å². The summed E-state index contributed by atoms with van der Waals surface area (Å²) < 4.78 is 5.35. The Morgan fingerprint density at radius 3 is 2.44 bits per heavy atom. The fourth-order valence-corrected chi connectivity index (χ4v) is 2.43. The summed E-state index contributed by atoms with van der Waals surface area (Å²) in [6.45, 7) is 6.16. The zero-order chi connectivity index (χ0) is 12.3. The van der Waals surface area contributed by atoms with Crippen molar-refractivity contribution in [3.63, 3.8) is 0 Å². The fraction of sp³-hybridized carbons (Fsp3) is 0.538. The quantitative estimate of drug-likeness (QED) is 0.820. The molecule has 0 aliphatic rings. The molecule has 0 atom stereocenters. The van der Waals surface area contributed by atoms with Crippen molar-refractivity contribution < 1.29 is 4.74 Å². The summed E-state index contributed by atoms with van der Waals surface area (Å²) >= 11 is 1.76. The average Bonchev–Trinajstić information content (AvgIpc) is 2.18. The van der Waals surface area contributed by atoms with E-state index in [0.717, 1.165) is 12.2 Å². The van der Waals surface area contributed by atoms with Crippen LogP contribution in [0.5, 0.6) is 5.75 Å². The van der Waals surface area contributed by atoms with Crippen LogP contribution in [0.2, 0.25) is 0 Å². The maximum absolute atomic E-state index is 6.07. The molecule has 0 heterocycles. The summed E-state index contributed by atoms with van der Waals surface area (Å²) in [5.41, 5.74) is 8.32. The molecule has 16 heavy (non-hydrogen) atoms. The Labute approximate surface area is 103 Å². The number of hydrogen-bond donors (Lipinski definition) is 1. The van der Waals surface area contributed by atoms with E-state index in [1.54, 1.807) is 18.9 Å². The van der Waals surface area contributed by atoms with Gasteiger partial charge in [0.2, 0.25) is 0 Å². The molecule has 2 N–H and O–H groups in total. The molecule has 1 aromatic rings. The number of nitrogens with two attached hydrogens (primary N) is 1. The van der Waals surface area contributed by atoms with E-state index in [2.05, 4.69) is 25.3 Å². The minimum absolute atomic E-state index is 0.190. The number of thioether (sulfide) groups is 1. The van der Waals surface area contributed by atoms with Gasteiger partial charge in [-0.05, 0) is 56.7 Å². The predicted octanol–water partition coefficient (Wildman–Crippen LogP) is 3.01. The smallest absolute Gasteiger partial charge is 0.122 e. The lowest BCUT2D eigenvalue weighted by atomic mass is 9.95. The van der Waals surface area contributed by atoms with Gasteiger partial charge in [-0.15, -0.1) is 11.8 Å². The summed E-state index contributed by atoms with van der Waals surface area (Å²) in [6, 6.07) is 4.28. The third kappa shape index (κ3) is 3.42. The first-order chi connectivity index (χ1) is 7.37. The van der Waals surface area contributed by atoms with E-state index in [1.165, 1.54) is 16.0 Å². The summed E-state index contributed by atoms with van der Waals surface area (Å²) in [5.74, 6) is 0.942. The van der Waals surface area contributed by atoms with Crippen LogP contribution in [0.25, 0.3) is 0 Å². The second kappa shape index (κ2) is 5.11. The normalized spacial score (nSPS) is 11.6. The van der Waals surface area contributed by atoms with E-state index in [9.17, 15) is 0 Å². The first kappa shape index (κ1) is 13.4. The average molecular weight is 239 g/mol. The number of hydrogen-bond acceptors (Lipinski definition) is 3. The maximum atomic E-state index is 6.07. The Hall–Kier alpha value is -0.670. The highest BCUT2D eigenvalue weighted by Crippen LogP contribution is 2.30. The molecule has 0 fully saturated rings. The number of rotatable bonds is 4. The van der Waals surface area contributed by atoms with E-state index in [4.69, 9.17) is 10.5 Å². The molecule has 0 saturated carbocycles. The zero-order valence-corrected chi connectivity index (χ0v) is 11.6. The summed E-state index contributed by atoms with van der Waals surface area (Å²) in [7, 11) is 1.71. The molecular weight excluding hydrogens is 218 g/mol. The van der Waals surface area contributed by atoms with Crippen LogP contribution in [0.4, 0.5) is 0 Å². The lowest BCUT2D eigenvalue weighted by Gasteiger charge is -2.21. The van der Waals surface area contributed by atoms with Crippen molar-refractivity contribution in [2.45, 2.75) is 37.6 Å². The highest BCUT2D eigenvalue weighted by atomic mass is 32.2. The molecule has 90 valence electrons. The second-order valence-electron chi connectivity index (χ2n) is 4.80. The Morgan fingerprint density at radius 2 is 2.00 bits per heavy atom. The van der Waals surface area contributed by atoms with Crippen molar-refractivity contribution in [3.05, 3.63) is 23.3 Å². The van der Waals surface area contributed by atoms with E-state index in [-0.39, 0.29) is 5.54 Å². The first-order valence-corrected chi connectivity index (χ1v) is 6.60. The van der Waals surface area contributed by atoms with E-state index >= 15 is 0 Å². The molecule has 0 amide bonds. The maximum Gasteiger partial charge on any atom is 0.122 e. The highest BCUT2D eigenvalue weighted by Gasteiger charge is 2.16. The van der Waals surface area contributed by atoms with E-state index < -0.39 is 0 Å². The standard InChI is InChI=1S/C13H21NOS/c1-9-6-12(16-5)10(7-11(9)15-4)8-13(2,3)14/h6-7H,8,14H2,1-5H3. The van der Waals surface area contributed by atoms with E-state index in [0.29, 0.717) is 0 Å². The lowest BCUT2D eigenvalue weighted by Crippen LogP contribution is -2.34. The third-order valence-corrected chi connectivity index (χ3v) is 3.26. The Balaban J connectivity index is 3.15. The Kier molecular flexibility index (Phi) is 4.28. The monoisotopic (exact) mass is 239 g/mol. The number of methoxy groups -OCH3 is 1. The van der Waals surface area contributed by atoms with E-state index in [1.807, 2.05) is 13.8 Å². The molecule has 1 rings (SSSR count). The molecule has 3 heteroatoms. The van der Waals surface area contributed by atoms with Crippen LogP contribution >= 0.6 is 11.8 Å². The van der Waals surface area contributed by atoms with Gasteiger partial charge in [0.05, 0.1) is 7.11 Å². The van der Waals surface area contributed by atoms with Crippen LogP contribution in [0.15, 0.2) is 17.0 Å². The molecule has 0 aliphatic carbocycles. The topological polar surface area (TPSA) is 35.2 Å². The van der Waals surface area contributed by atoms with Gasteiger partial charge in [0.15, 0.2) is 0 Å². The minimum atomic E-state index is -0.190. The molecule has 1 aromatic carbocycles. The van der Waals surface area contributed by atoms with Gasteiger partial charge >= 0.3 is 0 Å². The van der Waals surface area contributed by atoms with Crippen molar-refractivity contribution in [3.8, 4) is 5.75 Å². The van der Waals surface area contributed by atoms with Crippen LogP contribution in [-0.4, -0.2) is 18.9 Å². The van der Waals surface area contributed by atoms with Gasteiger partial charge in [0, 0.05) is 10.4 Å². The molecule has 0 unspecified atom stereocenters. The van der Waals surface area contributed by atoms with Crippen LogP contribution in [0, 0.1) is 6.92 Å². The molecule has 0 aromatic heterocycles. The van der Waals surface area contributed by atoms with Gasteiger partial charge in [0.25, 0.3) is 0 Å². The van der Waals surface area contributed by atoms with Gasteiger partial charge < -0.3 is 10.5 Å². The van der Waals surface area contributed by atoms with Crippen molar-refractivity contribution in [2.24, 2.45) is 5.73 Å². The van der Waals surface area contributed by atoms with Crippen molar-refractivity contribution >= 4 is 11.8 Å². The number of aryl methyl sites for hydroxylation is 1. The SMILES string of the molecule is COc1cc(CC(C)(C)N)c(SC)cc1C. The third-order valence-electron chi connectivity index (χ3n) is 2.44. The van der Waals surface area contributed by atoms with Crippen molar-refractivity contribution in [1.29, 1.82) is 0 Å². The molecule has 0 aliphatic heterocycles. The number of benzene rings is 1. The van der Waals surface area contributed by atoms with Gasteiger partial charge in [-0.25, -0.2) is 0 Å². The fourth-order valence-electron chi connectivity index (χ4n) is 1.74. The van der Waals surface area contributed by atoms with Crippen LogP contribution in [0.3, 0.4) is 0 Å². The summed E-state index contributed by atoms with van der Waals surface area (Å²) in [6.07, 6.45) is 2.95. The Bertz CT molecular complexity index is 369. The predicted molar refractivity (Wildman–Crippen MR) is 71.5 cm³/mol. The first-order valence-electron chi connectivity index (χ1n) is 5.38. The number of ether oxygens (including phenoxy) is 1. The minimum Gasteiger partial charge on any atom is -0.496 e. The van der Waals surface area contributed by atoms with Gasteiger partial charge in [0.1, 0.15) is 5.75 Å². The van der Waals surface area contributed by atoms with Crippen LogP contribution < -0.4 is 10.5 Å². The van der Waals surface area contributed by atoms with Crippen LogP contribution in [0.1, 0.15) is 25.0 Å². The van der Waals surface area contributed by atoms with Crippen molar-refractivity contribution in [2.75, 3.05) is 13.4 Å².